The summed E-state index contributed by atoms with van der Waals surface area (Å²) in [5, 5.41) is 0. The first-order valence-electron chi connectivity index (χ1n) is 0.988. The van der Waals surface area contributed by atoms with Gasteiger partial charge in [-0.3, -0.25) is 0 Å². The Hall–Kier alpha value is 3.92. The average Bonchev–Trinajstić information content (AvgIpc) is 2.31. The van der Waals surface area contributed by atoms with Crippen molar-refractivity contribution in [3.8, 4) is 0 Å². The van der Waals surface area contributed by atoms with E-state index >= 15 is 0 Å². The van der Waals surface area contributed by atoms with Crippen LogP contribution in [-0.4, -0.2) is 11.0 Å². The van der Waals surface area contributed by atoms with Crippen LogP contribution in [0.5, 0.6) is 0 Å². The van der Waals surface area contributed by atoms with Gasteiger partial charge in [0.15, 0.2) is 0 Å². The predicted octanol–water partition coefficient (Wildman–Crippen LogP) is 4.89. The van der Waals surface area contributed by atoms with Crippen molar-refractivity contribution in [3.63, 3.8) is 0 Å². The van der Waals surface area contributed by atoms with E-state index in [4.69, 9.17) is 7.67 Å². The van der Waals surface area contributed by atoms with Gasteiger partial charge in [-0.15, -0.1) is 0 Å². The van der Waals surface area contributed by atoms with E-state index in [1.807, 2.05) is 0 Å². The summed E-state index contributed by atoms with van der Waals surface area (Å²) < 4.78 is 15.6. The summed E-state index contributed by atoms with van der Waals surface area (Å²) in [4.78, 5) is 0. The monoisotopic (exact) mass is 632 g/mol. The maximum atomic E-state index is 7.81. The molecule has 0 heterocycles. The zero-order chi connectivity index (χ0) is 13.4. The molecule has 0 aromatic heterocycles. The number of hydrogen-bond acceptors (Lipinski definition) is 2. The molecule has 0 rings (SSSR count). The van der Waals surface area contributed by atoms with E-state index in [1.54, 1.807) is 0 Å². The SMILES string of the molecule is C.C.ClCl.ClCl.O.O.[Cl][Cu][Cl].[Cl][Cu][Cl].[O]=[Cu].[O]=[Cu]. The standard InChI is InChI=1S/2CH4.2Cl2.4ClH.4Cu.2H2O.2O/c;;2*1-2;;;;;;;;;;;;/h2*1H4;;;4*1H;;;;;2*1H2;;/q;;;;;;;;;;2*+2;;;;/p-4. The Morgan fingerprint density at radius 1 is 0.556 bits per heavy atom. The molecule has 0 radical (unpaired) electrons. The third-order valence-electron chi connectivity index (χ3n) is 0. The fraction of sp³-hybridized carbons (Fsp3) is 1.00. The molecule has 0 spiro atoms. The van der Waals surface area contributed by atoms with Gasteiger partial charge >= 0.3 is 106 Å². The molecule has 0 aliphatic heterocycles. The van der Waals surface area contributed by atoms with Crippen LogP contribution < -0.4 is 0 Å². The summed E-state index contributed by atoms with van der Waals surface area (Å²) in [7, 11) is 35.1. The topological polar surface area (TPSA) is 97.1 Å². The van der Waals surface area contributed by atoms with Crippen LogP contribution >= 0.6 is 83.8 Å². The first-order chi connectivity index (χ1) is 6.83. The third kappa shape index (κ3) is 464. The molecule has 0 amide bonds. The molecule has 0 atom stereocenters. The molecule has 0 fully saturated rings. The minimum atomic E-state index is 0. The van der Waals surface area contributed by atoms with Crippen LogP contribution in [0.2, 0.25) is 0 Å². The van der Waals surface area contributed by atoms with Gasteiger partial charge in [-0.05, 0) is 0 Å². The van der Waals surface area contributed by atoms with E-state index in [-0.39, 0.29) is 25.8 Å². The fourth-order valence-electron chi connectivity index (χ4n) is 0. The summed E-state index contributed by atoms with van der Waals surface area (Å²) in [6, 6.07) is 0. The molecule has 0 saturated carbocycles. The molecule has 0 aromatic carbocycles. The van der Waals surface area contributed by atoms with Crippen LogP contribution in [0.15, 0.2) is 0 Å². The van der Waals surface area contributed by atoms with E-state index in [9.17, 15) is 0 Å². The summed E-state index contributed by atoms with van der Waals surface area (Å²) in [5.41, 5.74) is 0. The van der Waals surface area contributed by atoms with E-state index in [0.717, 1.165) is 26.3 Å². The van der Waals surface area contributed by atoms with Crippen molar-refractivity contribution < 1.29 is 76.8 Å². The van der Waals surface area contributed by atoms with Gasteiger partial charge in [0.1, 0.15) is 0 Å². The number of rotatable bonds is 0. The van der Waals surface area contributed by atoms with Crippen molar-refractivity contribution in [2.45, 2.75) is 14.9 Å². The predicted molar refractivity (Wildman–Crippen MR) is 68.9 cm³/mol. The molecule has 0 aromatic rings. The zero-order valence-corrected chi connectivity index (χ0v) is 15.9. The molecule has 144 valence electrons. The molecule has 0 saturated heterocycles. The zero-order valence-electron chi connectivity index (χ0n) is 6.05. The number of halogens is 8. The Kier molecular flexibility index (Phi) is 889. The van der Waals surface area contributed by atoms with E-state index < -0.39 is 0 Å². The van der Waals surface area contributed by atoms with Crippen LogP contribution in [0.25, 0.3) is 0 Å². The molecule has 0 aliphatic carbocycles. The van der Waals surface area contributed by atoms with Crippen LogP contribution in [0.1, 0.15) is 14.9 Å². The van der Waals surface area contributed by atoms with Gasteiger partial charge in [-0.2, -0.15) is 0 Å². The average molecular weight is 638 g/mol. The first-order valence-corrected chi connectivity index (χ1v) is 9.22. The fourth-order valence-corrected chi connectivity index (χ4v) is 0. The second-order valence-electron chi connectivity index (χ2n) is 0.0861. The second kappa shape index (κ2) is 237. The second-order valence-corrected chi connectivity index (χ2v) is 3.20. The molecular weight excluding hydrogens is 626 g/mol. The summed E-state index contributed by atoms with van der Waals surface area (Å²) in [6.07, 6.45) is 0. The van der Waals surface area contributed by atoms with Gasteiger partial charge in [0, 0.05) is 43.4 Å². The molecule has 0 unspecified atom stereocenters. The van der Waals surface area contributed by atoms with Crippen molar-refractivity contribution in [3.05, 3.63) is 0 Å². The molecular formula is C2H12Cl8Cu4O4. The van der Waals surface area contributed by atoms with Gasteiger partial charge in [0.05, 0.1) is 0 Å². The maximum absolute atomic E-state index is 7.81. The number of hydrogen-bond donors (Lipinski definition) is 0. The van der Waals surface area contributed by atoms with Gasteiger partial charge < -0.3 is 11.0 Å². The van der Waals surface area contributed by atoms with Gasteiger partial charge in [0.2, 0.25) is 0 Å². The van der Waals surface area contributed by atoms with Gasteiger partial charge in [-0.25, -0.2) is 0 Å². The summed E-state index contributed by atoms with van der Waals surface area (Å²) in [5.74, 6) is 0. The van der Waals surface area contributed by atoms with Crippen molar-refractivity contribution in [2.75, 3.05) is 0 Å². The Morgan fingerprint density at radius 2 is 0.556 bits per heavy atom. The van der Waals surface area contributed by atoms with Gasteiger partial charge in [-0.1, -0.05) is 14.9 Å². The van der Waals surface area contributed by atoms with Crippen molar-refractivity contribution in [1.82, 2.24) is 0 Å². The van der Waals surface area contributed by atoms with Crippen LogP contribution in [0, 0.1) is 0 Å². The van der Waals surface area contributed by atoms with Gasteiger partial charge in [0.25, 0.3) is 0 Å². The summed E-state index contributed by atoms with van der Waals surface area (Å²) in [6.45, 7) is 0. The Bertz CT molecular complexity index is 45.1. The Balaban J connectivity index is -0.00000000517. The first kappa shape index (κ1) is 67.5. The molecule has 0 bridgehead atoms. The van der Waals surface area contributed by atoms with Crippen molar-refractivity contribution >= 4 is 83.8 Å². The molecule has 4 nitrogen and oxygen atoms in total. The van der Waals surface area contributed by atoms with E-state index in [2.05, 4.69) is 116 Å². The third-order valence-corrected chi connectivity index (χ3v) is 0. The van der Waals surface area contributed by atoms with Crippen LogP contribution in [0.3, 0.4) is 0 Å². The summed E-state index contributed by atoms with van der Waals surface area (Å²) >= 11 is 7.39. The molecule has 16 heteroatoms. The Labute approximate surface area is 173 Å². The van der Waals surface area contributed by atoms with Crippen molar-refractivity contribution in [1.29, 1.82) is 0 Å². The minimum absolute atomic E-state index is 0. The van der Waals surface area contributed by atoms with Crippen LogP contribution in [-0.2, 0) is 65.8 Å². The molecule has 18 heavy (non-hydrogen) atoms. The molecule has 0 aliphatic rings. The van der Waals surface area contributed by atoms with E-state index in [1.165, 1.54) is 0 Å². The van der Waals surface area contributed by atoms with Crippen LogP contribution in [0.4, 0.5) is 0 Å². The van der Waals surface area contributed by atoms with E-state index in [0.29, 0.717) is 0 Å². The quantitative estimate of drug-likeness (QED) is 0.354. The van der Waals surface area contributed by atoms with Crippen molar-refractivity contribution in [2.24, 2.45) is 0 Å². The normalized spacial score (nSPS) is 3.78. The molecule has 4 N–H and O–H groups in total. The Morgan fingerprint density at radius 3 is 0.556 bits per heavy atom.